The summed E-state index contributed by atoms with van der Waals surface area (Å²) in [6.45, 7) is 3.60. The van der Waals surface area contributed by atoms with Crippen LogP contribution in [0.4, 0.5) is 11.4 Å². The van der Waals surface area contributed by atoms with Gasteiger partial charge in [-0.05, 0) is 31.5 Å². The highest BCUT2D eigenvalue weighted by atomic mass is 32.2. The molecule has 3 aromatic rings. The van der Waals surface area contributed by atoms with E-state index in [0.717, 1.165) is 22.9 Å². The number of thioether (sulfide) groups is 1. The summed E-state index contributed by atoms with van der Waals surface area (Å²) in [7, 11) is 0. The summed E-state index contributed by atoms with van der Waals surface area (Å²) in [5.74, 6) is -0.0214. The Kier molecular flexibility index (Phi) is 5.51. The predicted molar refractivity (Wildman–Crippen MR) is 102 cm³/mol. The number of hydrogen-bond donors (Lipinski definition) is 1. The van der Waals surface area contributed by atoms with E-state index < -0.39 is 16.1 Å². The van der Waals surface area contributed by atoms with Gasteiger partial charge in [-0.2, -0.15) is 0 Å². The monoisotopic (exact) mass is 384 g/mol. The van der Waals surface area contributed by atoms with Crippen LogP contribution in [0.3, 0.4) is 0 Å². The van der Waals surface area contributed by atoms with Crippen LogP contribution < -0.4 is 5.32 Å². The van der Waals surface area contributed by atoms with Gasteiger partial charge in [0.2, 0.25) is 11.8 Å². The molecule has 3 rings (SSSR count). The molecule has 1 atom stereocenters. The third-order valence-electron chi connectivity index (χ3n) is 3.79. The highest BCUT2D eigenvalue weighted by Crippen LogP contribution is 2.29. The van der Waals surface area contributed by atoms with Gasteiger partial charge in [0.1, 0.15) is 5.69 Å². The Balaban J connectivity index is 1.69. The molecule has 0 radical (unpaired) electrons. The Bertz CT molecular complexity index is 989. The molecule has 0 saturated heterocycles. The van der Waals surface area contributed by atoms with Gasteiger partial charge >= 0.3 is 0 Å². The van der Waals surface area contributed by atoms with Crippen LogP contribution in [0.25, 0.3) is 11.5 Å². The fourth-order valence-electron chi connectivity index (χ4n) is 2.36. The minimum atomic E-state index is -0.588. The van der Waals surface area contributed by atoms with Gasteiger partial charge in [-0.3, -0.25) is 14.9 Å². The molecule has 0 saturated carbocycles. The van der Waals surface area contributed by atoms with Crippen molar-refractivity contribution >= 4 is 29.0 Å². The zero-order valence-electron chi connectivity index (χ0n) is 14.6. The van der Waals surface area contributed by atoms with Crippen LogP contribution in [0.5, 0.6) is 0 Å². The van der Waals surface area contributed by atoms with Crippen molar-refractivity contribution in [1.29, 1.82) is 0 Å². The maximum atomic E-state index is 12.4. The summed E-state index contributed by atoms with van der Waals surface area (Å²) in [5.41, 5.74) is 1.81. The SMILES string of the molecule is Cc1ccccc1-c1nnc(S[C@@H](C)C(=O)Nc2ccccc2[N+](=O)[O-])o1. The molecule has 8 nitrogen and oxygen atoms in total. The zero-order valence-corrected chi connectivity index (χ0v) is 15.4. The van der Waals surface area contributed by atoms with Crippen LogP contribution in [0.1, 0.15) is 12.5 Å². The zero-order chi connectivity index (χ0) is 19.4. The molecule has 0 unspecified atom stereocenters. The third kappa shape index (κ3) is 4.32. The van der Waals surface area contributed by atoms with Gasteiger partial charge < -0.3 is 9.73 Å². The molecular weight excluding hydrogens is 368 g/mol. The van der Waals surface area contributed by atoms with Gasteiger partial charge in [0.05, 0.1) is 10.2 Å². The number of aryl methyl sites for hydroxylation is 1. The predicted octanol–water partition coefficient (Wildman–Crippen LogP) is 4.07. The van der Waals surface area contributed by atoms with Gasteiger partial charge in [-0.25, -0.2) is 0 Å². The quantitative estimate of drug-likeness (QED) is 0.387. The molecule has 27 heavy (non-hydrogen) atoms. The normalized spacial score (nSPS) is 11.8. The van der Waals surface area contributed by atoms with E-state index in [1.165, 1.54) is 18.2 Å². The van der Waals surface area contributed by atoms with Crippen LogP contribution in [-0.4, -0.2) is 26.3 Å². The lowest BCUT2D eigenvalue weighted by atomic mass is 10.1. The Hall–Kier alpha value is -3.20. The summed E-state index contributed by atoms with van der Waals surface area (Å²) >= 11 is 1.08. The molecule has 1 amide bonds. The fourth-order valence-corrected chi connectivity index (χ4v) is 3.04. The van der Waals surface area contributed by atoms with Crippen molar-refractivity contribution in [3.63, 3.8) is 0 Å². The van der Waals surface area contributed by atoms with Gasteiger partial charge in [0, 0.05) is 11.6 Å². The van der Waals surface area contributed by atoms with E-state index in [1.54, 1.807) is 13.0 Å². The number of nitrogens with one attached hydrogen (secondary N) is 1. The number of nitro groups is 1. The van der Waals surface area contributed by atoms with Crippen molar-refractivity contribution < 1.29 is 14.1 Å². The van der Waals surface area contributed by atoms with Crippen molar-refractivity contribution in [2.75, 3.05) is 5.32 Å². The first-order valence-electron chi connectivity index (χ1n) is 8.06. The van der Waals surface area contributed by atoms with E-state index in [4.69, 9.17) is 4.42 Å². The number of amides is 1. The molecule has 0 bridgehead atoms. The molecule has 0 fully saturated rings. The summed E-state index contributed by atoms with van der Waals surface area (Å²) in [5, 5.41) is 21.3. The van der Waals surface area contributed by atoms with Crippen LogP contribution in [-0.2, 0) is 4.79 Å². The summed E-state index contributed by atoms with van der Waals surface area (Å²) in [4.78, 5) is 22.9. The number of carbonyl (C=O) groups is 1. The summed E-state index contributed by atoms with van der Waals surface area (Å²) < 4.78 is 5.64. The molecular formula is C18H16N4O4S. The first-order chi connectivity index (χ1) is 13.0. The maximum absolute atomic E-state index is 12.4. The minimum absolute atomic E-state index is 0.145. The average Bonchev–Trinajstić information content (AvgIpc) is 3.10. The second kappa shape index (κ2) is 8.00. The number of para-hydroxylation sites is 2. The average molecular weight is 384 g/mol. The van der Waals surface area contributed by atoms with Crippen LogP contribution in [0, 0.1) is 17.0 Å². The van der Waals surface area contributed by atoms with Crippen LogP contribution in [0.15, 0.2) is 58.2 Å². The van der Waals surface area contributed by atoms with Gasteiger partial charge in [-0.15, -0.1) is 10.2 Å². The number of nitrogens with zero attached hydrogens (tertiary/aromatic N) is 3. The van der Waals surface area contributed by atoms with Crippen molar-refractivity contribution in [2.45, 2.75) is 24.3 Å². The second-order valence-corrected chi connectivity index (χ2v) is 7.00. The van der Waals surface area contributed by atoms with Gasteiger partial charge in [-0.1, -0.05) is 42.1 Å². The first-order valence-corrected chi connectivity index (χ1v) is 8.94. The Morgan fingerprint density at radius 3 is 2.63 bits per heavy atom. The number of rotatable bonds is 6. The molecule has 0 spiro atoms. The Morgan fingerprint density at radius 1 is 1.19 bits per heavy atom. The lowest BCUT2D eigenvalue weighted by molar-refractivity contribution is -0.383. The molecule has 0 aliphatic heterocycles. The Labute approximate surface area is 159 Å². The lowest BCUT2D eigenvalue weighted by Gasteiger charge is -2.10. The van der Waals surface area contributed by atoms with E-state index in [0.29, 0.717) is 5.89 Å². The molecule has 0 aliphatic rings. The van der Waals surface area contributed by atoms with Gasteiger partial charge in [0.15, 0.2) is 0 Å². The first kappa shape index (κ1) is 18.6. The Morgan fingerprint density at radius 2 is 1.89 bits per heavy atom. The molecule has 9 heteroatoms. The highest BCUT2D eigenvalue weighted by molar-refractivity contribution is 8.00. The minimum Gasteiger partial charge on any atom is -0.411 e. The van der Waals surface area contributed by atoms with Crippen LogP contribution >= 0.6 is 11.8 Å². The summed E-state index contributed by atoms with van der Waals surface area (Å²) in [6, 6.07) is 13.6. The third-order valence-corrected chi connectivity index (χ3v) is 4.72. The van der Waals surface area contributed by atoms with E-state index in [1.807, 2.05) is 31.2 Å². The number of aromatic nitrogens is 2. The van der Waals surface area contributed by atoms with Crippen molar-refractivity contribution in [1.82, 2.24) is 10.2 Å². The van der Waals surface area contributed by atoms with Crippen molar-refractivity contribution in [2.24, 2.45) is 0 Å². The molecule has 0 aliphatic carbocycles. The smallest absolute Gasteiger partial charge is 0.292 e. The van der Waals surface area contributed by atoms with Crippen molar-refractivity contribution in [3.05, 3.63) is 64.2 Å². The number of carbonyl (C=O) groups excluding carboxylic acids is 1. The topological polar surface area (TPSA) is 111 Å². The van der Waals surface area contributed by atoms with Gasteiger partial charge in [0.25, 0.3) is 10.9 Å². The molecule has 2 aromatic carbocycles. The molecule has 1 N–H and O–H groups in total. The van der Waals surface area contributed by atoms with E-state index >= 15 is 0 Å². The largest absolute Gasteiger partial charge is 0.411 e. The standard InChI is InChI=1S/C18H16N4O4S/c1-11-7-3-4-8-13(11)17-20-21-18(26-17)27-12(2)16(23)19-14-9-5-6-10-15(14)22(24)25/h3-10,12H,1-2H3,(H,19,23)/t12-/m0/s1. The molecule has 138 valence electrons. The number of anilines is 1. The number of hydrogen-bond acceptors (Lipinski definition) is 7. The summed E-state index contributed by atoms with van der Waals surface area (Å²) in [6.07, 6.45) is 0. The number of benzene rings is 2. The molecule has 1 aromatic heterocycles. The fraction of sp³-hybridized carbons (Fsp3) is 0.167. The van der Waals surface area contributed by atoms with E-state index in [2.05, 4.69) is 15.5 Å². The second-order valence-electron chi connectivity index (χ2n) is 5.71. The van der Waals surface area contributed by atoms with Crippen LogP contribution in [0.2, 0.25) is 0 Å². The van der Waals surface area contributed by atoms with E-state index in [-0.39, 0.29) is 16.6 Å². The van der Waals surface area contributed by atoms with Crippen molar-refractivity contribution in [3.8, 4) is 11.5 Å². The highest BCUT2D eigenvalue weighted by Gasteiger charge is 2.22. The lowest BCUT2D eigenvalue weighted by Crippen LogP contribution is -2.22. The molecule has 1 heterocycles. The van der Waals surface area contributed by atoms with E-state index in [9.17, 15) is 14.9 Å². The maximum Gasteiger partial charge on any atom is 0.292 e. The number of nitro benzene ring substituents is 1.